The van der Waals surface area contributed by atoms with Crippen LogP contribution < -0.4 is 0 Å². The number of carbonyl (C=O) groups is 1. The van der Waals surface area contributed by atoms with Gasteiger partial charge in [-0.3, -0.25) is 4.79 Å². The van der Waals surface area contributed by atoms with Crippen LogP contribution in [0, 0.1) is 11.3 Å². The van der Waals surface area contributed by atoms with Crippen LogP contribution in [-0.2, 0) is 0 Å². The van der Waals surface area contributed by atoms with E-state index in [1.807, 2.05) is 41.8 Å². The number of hydrogen-bond donors (Lipinski definition) is 0. The summed E-state index contributed by atoms with van der Waals surface area (Å²) in [5.74, 6) is -0.161. The van der Waals surface area contributed by atoms with Gasteiger partial charge in [-0.15, -0.1) is 11.3 Å². The lowest BCUT2D eigenvalue weighted by atomic mass is 10.2. The monoisotopic (exact) mass is 279 g/mol. The first-order valence-corrected chi connectivity index (χ1v) is 6.81. The second-order valence-corrected chi connectivity index (χ2v) is 5.03. The molecule has 0 atom stereocenters. The Bertz CT molecular complexity index is 782. The summed E-state index contributed by atoms with van der Waals surface area (Å²) in [5, 5.41) is 15.3. The van der Waals surface area contributed by atoms with Crippen LogP contribution in [0.4, 0.5) is 0 Å². The molecule has 0 aliphatic carbocycles. The predicted molar refractivity (Wildman–Crippen MR) is 76.0 cm³/mol. The van der Waals surface area contributed by atoms with Crippen LogP contribution in [0.25, 0.3) is 5.69 Å². The Balaban J connectivity index is 2.06. The summed E-state index contributed by atoms with van der Waals surface area (Å²) in [7, 11) is 0. The van der Waals surface area contributed by atoms with Gasteiger partial charge >= 0.3 is 0 Å². The highest BCUT2D eigenvalue weighted by Gasteiger charge is 2.17. The molecule has 0 spiro atoms. The summed E-state index contributed by atoms with van der Waals surface area (Å²) in [6.07, 6.45) is 0. The van der Waals surface area contributed by atoms with Gasteiger partial charge in [0.15, 0.2) is 0 Å². The molecular weight excluding hydrogens is 270 g/mol. The molecule has 3 aromatic rings. The molecule has 3 rings (SSSR count). The maximum absolute atomic E-state index is 12.2. The lowest BCUT2D eigenvalue weighted by Crippen LogP contribution is -2.03. The number of rotatable bonds is 3. The standard InChI is InChI=1S/C15H9N3OS/c16-10-12-9-13(15(19)14-7-4-8-20-14)17-18(12)11-5-2-1-3-6-11/h1-9H. The summed E-state index contributed by atoms with van der Waals surface area (Å²) >= 11 is 1.36. The largest absolute Gasteiger partial charge is 0.286 e. The molecule has 4 nitrogen and oxygen atoms in total. The number of nitriles is 1. The average Bonchev–Trinajstić information content (AvgIpc) is 3.17. The number of aromatic nitrogens is 2. The van der Waals surface area contributed by atoms with Gasteiger partial charge in [0.1, 0.15) is 17.5 Å². The van der Waals surface area contributed by atoms with Gasteiger partial charge in [0.05, 0.1) is 10.6 Å². The van der Waals surface area contributed by atoms with Gasteiger partial charge in [-0.25, -0.2) is 4.68 Å². The van der Waals surface area contributed by atoms with Crippen LogP contribution in [0.15, 0.2) is 53.9 Å². The fourth-order valence-electron chi connectivity index (χ4n) is 1.87. The van der Waals surface area contributed by atoms with Gasteiger partial charge < -0.3 is 0 Å². The number of para-hydroxylation sites is 1. The van der Waals surface area contributed by atoms with E-state index in [0.717, 1.165) is 5.69 Å². The Morgan fingerprint density at radius 3 is 2.65 bits per heavy atom. The zero-order valence-electron chi connectivity index (χ0n) is 10.4. The molecular formula is C15H9N3OS. The van der Waals surface area contributed by atoms with Gasteiger partial charge in [0.2, 0.25) is 5.78 Å². The summed E-state index contributed by atoms with van der Waals surface area (Å²) < 4.78 is 1.49. The molecule has 0 saturated heterocycles. The topological polar surface area (TPSA) is 58.7 Å². The maximum atomic E-state index is 12.2. The number of carbonyl (C=O) groups excluding carboxylic acids is 1. The SMILES string of the molecule is N#Cc1cc(C(=O)c2cccs2)nn1-c1ccccc1. The van der Waals surface area contributed by atoms with Crippen molar-refractivity contribution in [1.29, 1.82) is 5.26 Å². The molecule has 0 saturated carbocycles. The van der Waals surface area contributed by atoms with Crippen LogP contribution in [0.1, 0.15) is 21.1 Å². The van der Waals surface area contributed by atoms with Crippen molar-refractivity contribution in [3.63, 3.8) is 0 Å². The predicted octanol–water partition coefficient (Wildman–Crippen LogP) is 3.04. The number of thiophene rings is 1. The maximum Gasteiger partial charge on any atom is 0.223 e. The number of hydrogen-bond acceptors (Lipinski definition) is 4. The minimum absolute atomic E-state index is 0.161. The minimum atomic E-state index is -0.161. The van der Waals surface area contributed by atoms with Crippen LogP contribution >= 0.6 is 11.3 Å². The fourth-order valence-corrected chi connectivity index (χ4v) is 2.54. The van der Waals surface area contributed by atoms with Crippen LogP contribution in [0.3, 0.4) is 0 Å². The highest BCUT2D eigenvalue weighted by atomic mass is 32.1. The molecule has 1 aromatic carbocycles. The Labute approximate surface area is 119 Å². The van der Waals surface area contributed by atoms with Crippen molar-refractivity contribution < 1.29 is 4.79 Å². The van der Waals surface area contributed by atoms with Crippen LogP contribution in [0.5, 0.6) is 0 Å². The summed E-state index contributed by atoms with van der Waals surface area (Å²) in [6.45, 7) is 0. The Morgan fingerprint density at radius 2 is 2.00 bits per heavy atom. The minimum Gasteiger partial charge on any atom is -0.286 e. The quantitative estimate of drug-likeness (QED) is 0.692. The summed E-state index contributed by atoms with van der Waals surface area (Å²) in [4.78, 5) is 12.9. The zero-order valence-corrected chi connectivity index (χ0v) is 11.2. The van der Waals surface area contributed by atoms with Crippen molar-refractivity contribution in [2.75, 3.05) is 0 Å². The van der Waals surface area contributed by atoms with Crippen molar-refractivity contribution in [1.82, 2.24) is 9.78 Å². The lowest BCUT2D eigenvalue weighted by Gasteiger charge is -2.01. The molecule has 0 aliphatic rings. The van der Waals surface area contributed by atoms with Crippen LogP contribution in [0.2, 0.25) is 0 Å². The third-order valence-corrected chi connectivity index (χ3v) is 3.67. The number of nitrogens with zero attached hydrogens (tertiary/aromatic N) is 3. The van der Waals surface area contributed by atoms with Gasteiger partial charge in [0.25, 0.3) is 0 Å². The molecule has 0 N–H and O–H groups in total. The van der Waals surface area contributed by atoms with Crippen molar-refractivity contribution in [2.24, 2.45) is 0 Å². The van der Waals surface area contributed by atoms with Gasteiger partial charge in [-0.05, 0) is 23.6 Å². The first-order valence-electron chi connectivity index (χ1n) is 5.93. The normalized spacial score (nSPS) is 10.2. The second-order valence-electron chi connectivity index (χ2n) is 4.08. The van der Waals surface area contributed by atoms with Crippen molar-refractivity contribution in [3.05, 3.63) is 70.2 Å². The lowest BCUT2D eigenvalue weighted by molar-refractivity contribution is 0.103. The fraction of sp³-hybridized carbons (Fsp3) is 0. The Morgan fingerprint density at radius 1 is 1.20 bits per heavy atom. The third-order valence-electron chi connectivity index (χ3n) is 2.80. The third kappa shape index (κ3) is 2.13. The Hall–Kier alpha value is -2.71. The van der Waals surface area contributed by atoms with Crippen LogP contribution in [-0.4, -0.2) is 15.6 Å². The van der Waals surface area contributed by atoms with E-state index in [1.165, 1.54) is 22.1 Å². The molecule has 2 aromatic heterocycles. The van der Waals surface area contributed by atoms with E-state index in [-0.39, 0.29) is 11.5 Å². The average molecular weight is 279 g/mol. The molecule has 5 heteroatoms. The molecule has 0 radical (unpaired) electrons. The summed E-state index contributed by atoms with van der Waals surface area (Å²) in [5.41, 5.74) is 1.39. The molecule has 0 amide bonds. The molecule has 20 heavy (non-hydrogen) atoms. The number of benzene rings is 1. The molecule has 0 bridgehead atoms. The van der Waals surface area contributed by atoms with Crippen molar-refractivity contribution in [2.45, 2.75) is 0 Å². The molecule has 2 heterocycles. The van der Waals surface area contributed by atoms with E-state index in [0.29, 0.717) is 10.6 Å². The second kappa shape index (κ2) is 5.11. The van der Waals surface area contributed by atoms with E-state index in [2.05, 4.69) is 11.2 Å². The van der Waals surface area contributed by atoms with Crippen molar-refractivity contribution in [3.8, 4) is 11.8 Å². The zero-order chi connectivity index (χ0) is 13.9. The molecule has 96 valence electrons. The smallest absolute Gasteiger partial charge is 0.223 e. The molecule has 0 unspecified atom stereocenters. The van der Waals surface area contributed by atoms with Gasteiger partial charge in [0, 0.05) is 6.07 Å². The molecule has 0 aliphatic heterocycles. The Kier molecular flexibility index (Phi) is 3.15. The van der Waals surface area contributed by atoms with E-state index in [4.69, 9.17) is 0 Å². The summed E-state index contributed by atoms with van der Waals surface area (Å²) in [6, 6.07) is 16.4. The highest BCUT2D eigenvalue weighted by Crippen LogP contribution is 2.17. The van der Waals surface area contributed by atoms with Crippen molar-refractivity contribution >= 4 is 17.1 Å². The first kappa shape index (κ1) is 12.3. The van der Waals surface area contributed by atoms with Gasteiger partial charge in [-0.2, -0.15) is 10.4 Å². The van der Waals surface area contributed by atoms with E-state index in [1.54, 1.807) is 6.07 Å². The van der Waals surface area contributed by atoms with Gasteiger partial charge in [-0.1, -0.05) is 24.3 Å². The highest BCUT2D eigenvalue weighted by molar-refractivity contribution is 7.12. The molecule has 0 fully saturated rings. The number of ketones is 1. The van der Waals surface area contributed by atoms with E-state index < -0.39 is 0 Å². The van der Waals surface area contributed by atoms with E-state index >= 15 is 0 Å². The first-order chi connectivity index (χ1) is 9.79. The van der Waals surface area contributed by atoms with E-state index in [9.17, 15) is 10.1 Å².